The summed E-state index contributed by atoms with van der Waals surface area (Å²) in [5, 5.41) is 0.378. The average molecular weight is 453 g/mol. The maximum atomic E-state index is 13.3. The molecule has 4 rings (SSSR count). The first kappa shape index (κ1) is 22.2. The van der Waals surface area contributed by atoms with Gasteiger partial charge in [0.05, 0.1) is 37.3 Å². The van der Waals surface area contributed by atoms with Crippen LogP contribution in [0.1, 0.15) is 40.9 Å². The molecule has 0 spiro atoms. The van der Waals surface area contributed by atoms with Gasteiger partial charge < -0.3 is 18.9 Å². The van der Waals surface area contributed by atoms with Gasteiger partial charge in [0.2, 0.25) is 0 Å². The van der Waals surface area contributed by atoms with E-state index in [1.54, 1.807) is 14.0 Å². The van der Waals surface area contributed by atoms with Crippen molar-refractivity contribution in [1.29, 1.82) is 0 Å². The van der Waals surface area contributed by atoms with Crippen LogP contribution in [0.25, 0.3) is 10.2 Å². The normalized spacial score (nSPS) is 21.2. The molecular formula is C21H28N2O7S. The molecule has 2 unspecified atom stereocenters. The zero-order chi connectivity index (χ0) is 22.0. The van der Waals surface area contributed by atoms with Gasteiger partial charge in [-0.05, 0) is 38.2 Å². The van der Waals surface area contributed by atoms with Crippen LogP contribution >= 0.6 is 11.3 Å². The summed E-state index contributed by atoms with van der Waals surface area (Å²) in [7, 11) is 1.55. The molecule has 9 nitrogen and oxygen atoms in total. The van der Waals surface area contributed by atoms with Crippen LogP contribution in [0.15, 0.2) is 9.59 Å². The first-order valence-electron chi connectivity index (χ1n) is 10.7. The number of esters is 1. The quantitative estimate of drug-likeness (QED) is 0.562. The molecule has 2 fully saturated rings. The van der Waals surface area contributed by atoms with E-state index in [1.807, 2.05) is 0 Å². The highest BCUT2D eigenvalue weighted by Crippen LogP contribution is 2.29. The minimum atomic E-state index is -0.495. The number of thiophene rings is 1. The van der Waals surface area contributed by atoms with E-state index >= 15 is 0 Å². The number of rotatable bonds is 8. The second-order valence-electron chi connectivity index (χ2n) is 7.95. The molecule has 2 atom stereocenters. The summed E-state index contributed by atoms with van der Waals surface area (Å²) in [5.41, 5.74) is -0.267. The lowest BCUT2D eigenvalue weighted by Crippen LogP contribution is -2.42. The molecule has 31 heavy (non-hydrogen) atoms. The lowest BCUT2D eigenvalue weighted by molar-refractivity contribution is 0.0165. The molecule has 0 aliphatic carbocycles. The van der Waals surface area contributed by atoms with Crippen molar-refractivity contribution in [3.05, 3.63) is 31.3 Å². The predicted octanol–water partition coefficient (Wildman–Crippen LogP) is 1.69. The van der Waals surface area contributed by atoms with Gasteiger partial charge >= 0.3 is 11.7 Å². The summed E-state index contributed by atoms with van der Waals surface area (Å²) in [6, 6.07) is 0. The number of nitrogens with zero attached hydrogens (tertiary/aromatic N) is 2. The van der Waals surface area contributed by atoms with Crippen molar-refractivity contribution in [2.24, 2.45) is 0 Å². The summed E-state index contributed by atoms with van der Waals surface area (Å²) in [6.45, 7) is 4.02. The zero-order valence-electron chi connectivity index (χ0n) is 17.9. The zero-order valence-corrected chi connectivity index (χ0v) is 18.7. The number of aryl methyl sites for hydroxylation is 1. The van der Waals surface area contributed by atoms with Crippen LogP contribution in [0, 0.1) is 6.92 Å². The Kier molecular flexibility index (Phi) is 6.90. The van der Waals surface area contributed by atoms with Gasteiger partial charge in [0.25, 0.3) is 5.56 Å². The maximum absolute atomic E-state index is 13.3. The van der Waals surface area contributed by atoms with Crippen molar-refractivity contribution in [3.8, 4) is 0 Å². The number of aromatic nitrogens is 2. The molecule has 0 amide bonds. The van der Waals surface area contributed by atoms with Crippen LogP contribution in [0.2, 0.25) is 0 Å². The molecule has 2 aromatic rings. The van der Waals surface area contributed by atoms with Crippen molar-refractivity contribution in [3.63, 3.8) is 0 Å². The third kappa shape index (κ3) is 4.48. The van der Waals surface area contributed by atoms with E-state index in [0.29, 0.717) is 40.5 Å². The maximum Gasteiger partial charge on any atom is 0.348 e. The molecule has 170 valence electrons. The molecule has 0 bridgehead atoms. The highest BCUT2D eigenvalue weighted by molar-refractivity contribution is 7.20. The molecule has 10 heteroatoms. The Morgan fingerprint density at radius 1 is 1.13 bits per heavy atom. The van der Waals surface area contributed by atoms with Crippen molar-refractivity contribution in [2.75, 3.05) is 33.5 Å². The van der Waals surface area contributed by atoms with E-state index in [1.165, 1.54) is 9.13 Å². The lowest BCUT2D eigenvalue weighted by Gasteiger charge is -2.14. The standard InChI is InChI=1S/C21H28N2O7S/c1-13-16-18(24)23(11-14-5-3-8-28-14)21(26)22(7-10-27-2)19(16)31-17(13)20(25)30-12-15-6-4-9-29-15/h14-15H,3-12H2,1-2H3. The van der Waals surface area contributed by atoms with Crippen LogP contribution in [0.5, 0.6) is 0 Å². The molecule has 2 aromatic heterocycles. The van der Waals surface area contributed by atoms with E-state index in [2.05, 4.69) is 0 Å². The molecular weight excluding hydrogens is 424 g/mol. The Morgan fingerprint density at radius 3 is 2.48 bits per heavy atom. The minimum Gasteiger partial charge on any atom is -0.459 e. The molecule has 0 radical (unpaired) electrons. The third-order valence-corrected chi connectivity index (χ3v) is 7.13. The minimum absolute atomic E-state index is 0.0813. The SMILES string of the molecule is COCCn1c(=O)n(CC2CCCO2)c(=O)c2c(C)c(C(=O)OCC3CCCO3)sc21. The highest BCUT2D eigenvalue weighted by Gasteiger charge is 2.27. The highest BCUT2D eigenvalue weighted by atomic mass is 32.1. The topological polar surface area (TPSA) is 98.0 Å². The Bertz CT molecular complexity index is 1060. The summed E-state index contributed by atoms with van der Waals surface area (Å²) >= 11 is 1.12. The van der Waals surface area contributed by atoms with E-state index < -0.39 is 17.2 Å². The van der Waals surface area contributed by atoms with Gasteiger partial charge in [-0.25, -0.2) is 9.59 Å². The largest absolute Gasteiger partial charge is 0.459 e. The number of hydrogen-bond donors (Lipinski definition) is 0. The van der Waals surface area contributed by atoms with Crippen molar-refractivity contribution >= 4 is 27.5 Å². The van der Waals surface area contributed by atoms with Crippen molar-refractivity contribution in [1.82, 2.24) is 9.13 Å². The van der Waals surface area contributed by atoms with Gasteiger partial charge in [-0.15, -0.1) is 11.3 Å². The average Bonchev–Trinajstić information content (AvgIpc) is 3.51. The second-order valence-corrected chi connectivity index (χ2v) is 8.95. The smallest absolute Gasteiger partial charge is 0.348 e. The Morgan fingerprint density at radius 2 is 1.84 bits per heavy atom. The predicted molar refractivity (Wildman–Crippen MR) is 115 cm³/mol. The summed E-state index contributed by atoms with van der Waals surface area (Å²) in [5.74, 6) is -0.495. The van der Waals surface area contributed by atoms with Crippen LogP contribution < -0.4 is 11.2 Å². The van der Waals surface area contributed by atoms with Gasteiger partial charge in [-0.1, -0.05) is 0 Å². The van der Waals surface area contributed by atoms with Crippen molar-refractivity contribution < 1.29 is 23.7 Å². The van der Waals surface area contributed by atoms with Crippen LogP contribution in [0.4, 0.5) is 0 Å². The lowest BCUT2D eigenvalue weighted by atomic mass is 10.2. The molecule has 4 heterocycles. The molecule has 2 aliphatic rings. The summed E-state index contributed by atoms with van der Waals surface area (Å²) in [6.07, 6.45) is 3.31. The van der Waals surface area contributed by atoms with Gasteiger partial charge in [-0.2, -0.15) is 0 Å². The second kappa shape index (κ2) is 9.64. The molecule has 2 saturated heterocycles. The van der Waals surface area contributed by atoms with Crippen LogP contribution in [-0.4, -0.2) is 60.8 Å². The first-order valence-corrected chi connectivity index (χ1v) is 11.5. The molecule has 0 aromatic carbocycles. The van der Waals surface area contributed by atoms with E-state index in [-0.39, 0.29) is 31.9 Å². The Balaban J connectivity index is 1.73. The number of carbonyl (C=O) groups is 1. The number of methoxy groups -OCH3 is 1. The van der Waals surface area contributed by atoms with Gasteiger partial charge in [-0.3, -0.25) is 13.9 Å². The first-order chi connectivity index (χ1) is 15.0. The fourth-order valence-corrected chi connectivity index (χ4v) is 5.34. The molecule has 2 aliphatic heterocycles. The fourth-order valence-electron chi connectivity index (χ4n) is 4.13. The number of hydrogen-bond acceptors (Lipinski definition) is 8. The number of carbonyl (C=O) groups excluding carboxylic acids is 1. The number of ether oxygens (including phenoxy) is 4. The molecule has 0 saturated carbocycles. The van der Waals surface area contributed by atoms with E-state index in [9.17, 15) is 14.4 Å². The molecule has 0 N–H and O–H groups in total. The Hall–Kier alpha value is -2.01. The van der Waals surface area contributed by atoms with Gasteiger partial charge in [0.1, 0.15) is 16.3 Å². The summed E-state index contributed by atoms with van der Waals surface area (Å²) in [4.78, 5) is 40.0. The number of fused-ring (bicyclic) bond motifs is 1. The monoisotopic (exact) mass is 452 g/mol. The van der Waals surface area contributed by atoms with E-state index in [0.717, 1.165) is 37.0 Å². The van der Waals surface area contributed by atoms with Crippen LogP contribution in [0.3, 0.4) is 0 Å². The van der Waals surface area contributed by atoms with Gasteiger partial charge in [0, 0.05) is 20.3 Å². The van der Waals surface area contributed by atoms with E-state index in [4.69, 9.17) is 18.9 Å². The Labute approximate surface area is 183 Å². The van der Waals surface area contributed by atoms with Crippen LogP contribution in [-0.2, 0) is 32.0 Å². The third-order valence-electron chi connectivity index (χ3n) is 5.83. The van der Waals surface area contributed by atoms with Crippen molar-refractivity contribution in [2.45, 2.75) is 57.9 Å². The fraction of sp³-hybridized carbons (Fsp3) is 0.667. The summed E-state index contributed by atoms with van der Waals surface area (Å²) < 4.78 is 24.5. The van der Waals surface area contributed by atoms with Gasteiger partial charge in [0.15, 0.2) is 0 Å².